The van der Waals surface area contributed by atoms with Crippen LogP contribution >= 0.6 is 11.6 Å². The molecule has 32 heavy (non-hydrogen) atoms. The van der Waals surface area contributed by atoms with Gasteiger partial charge in [-0.3, -0.25) is 0 Å². The summed E-state index contributed by atoms with van der Waals surface area (Å²) in [5.74, 6) is -2.58. The van der Waals surface area contributed by atoms with Crippen molar-refractivity contribution in [3.05, 3.63) is 94.0 Å². The second-order valence-electron chi connectivity index (χ2n) is 8.88. The summed E-state index contributed by atoms with van der Waals surface area (Å²) in [4.78, 5) is 0. The first-order valence-electron chi connectivity index (χ1n) is 11.0. The standard InChI is InChI=1S/C27H25ClF4/c1-16(18-5-3-2-4-6-18)11-17-7-9-19(10-8-17)20-12-22(29)26(23(30)13-20)21-14-24(31)27(28)25(32)15-21/h2-6,12-17,19H,7-11H2,1H3. The summed E-state index contributed by atoms with van der Waals surface area (Å²) in [5.41, 5.74) is 1.30. The van der Waals surface area contributed by atoms with Gasteiger partial charge in [-0.25, -0.2) is 17.6 Å². The van der Waals surface area contributed by atoms with E-state index in [9.17, 15) is 17.6 Å². The van der Waals surface area contributed by atoms with Crippen molar-refractivity contribution < 1.29 is 17.6 Å². The van der Waals surface area contributed by atoms with E-state index in [1.54, 1.807) is 0 Å². The van der Waals surface area contributed by atoms with E-state index in [2.05, 4.69) is 31.2 Å². The Hall–Kier alpha value is -2.33. The first kappa shape index (κ1) is 22.8. The second kappa shape index (κ2) is 9.66. The maximum Gasteiger partial charge on any atom is 0.145 e. The lowest BCUT2D eigenvalue weighted by atomic mass is 9.75. The van der Waals surface area contributed by atoms with Gasteiger partial charge in [-0.15, -0.1) is 0 Å². The molecule has 0 amide bonds. The summed E-state index contributed by atoms with van der Waals surface area (Å²) in [6, 6.07) is 14.8. The fraction of sp³-hybridized carbons (Fsp3) is 0.333. The average Bonchev–Trinajstić information content (AvgIpc) is 2.78. The van der Waals surface area contributed by atoms with Crippen LogP contribution in [0.5, 0.6) is 0 Å². The zero-order valence-corrected chi connectivity index (χ0v) is 18.6. The van der Waals surface area contributed by atoms with Crippen LogP contribution in [0.1, 0.15) is 62.0 Å². The fourth-order valence-electron chi connectivity index (χ4n) is 4.95. The number of hydrogen-bond acceptors (Lipinski definition) is 0. The fourth-order valence-corrected chi connectivity index (χ4v) is 5.06. The van der Waals surface area contributed by atoms with Crippen molar-refractivity contribution >= 4 is 11.6 Å². The van der Waals surface area contributed by atoms with E-state index in [4.69, 9.17) is 11.6 Å². The molecule has 1 aliphatic carbocycles. The molecule has 0 saturated heterocycles. The number of rotatable bonds is 5. The largest absolute Gasteiger partial charge is 0.206 e. The van der Waals surface area contributed by atoms with E-state index in [0.717, 1.165) is 44.2 Å². The summed E-state index contributed by atoms with van der Waals surface area (Å²) in [7, 11) is 0. The Kier molecular flexibility index (Phi) is 6.90. The highest BCUT2D eigenvalue weighted by Gasteiger charge is 2.26. The van der Waals surface area contributed by atoms with Gasteiger partial charge in [0.2, 0.25) is 0 Å². The van der Waals surface area contributed by atoms with Crippen LogP contribution in [-0.2, 0) is 0 Å². The lowest BCUT2D eigenvalue weighted by Crippen LogP contribution is -2.15. The third-order valence-corrected chi connectivity index (χ3v) is 7.07. The Labute approximate surface area is 191 Å². The van der Waals surface area contributed by atoms with Gasteiger partial charge in [-0.1, -0.05) is 48.9 Å². The third-order valence-electron chi connectivity index (χ3n) is 6.71. The van der Waals surface area contributed by atoms with E-state index in [1.807, 2.05) is 6.07 Å². The molecule has 3 aromatic rings. The molecule has 168 valence electrons. The van der Waals surface area contributed by atoms with Crippen LogP contribution in [0.3, 0.4) is 0 Å². The lowest BCUT2D eigenvalue weighted by molar-refractivity contribution is 0.296. The van der Waals surface area contributed by atoms with Crippen LogP contribution < -0.4 is 0 Å². The SMILES string of the molecule is CC(CC1CCC(c2cc(F)c(-c3cc(F)c(Cl)c(F)c3)c(F)c2)CC1)c1ccccc1. The van der Waals surface area contributed by atoms with E-state index in [-0.39, 0.29) is 11.5 Å². The van der Waals surface area contributed by atoms with Gasteiger partial charge in [0.25, 0.3) is 0 Å². The molecular formula is C27H25ClF4. The first-order valence-corrected chi connectivity index (χ1v) is 11.4. The van der Waals surface area contributed by atoms with Gasteiger partial charge in [0.05, 0.1) is 5.56 Å². The minimum absolute atomic E-state index is 0.0787. The molecular weight excluding hydrogens is 436 g/mol. The number of halogens is 5. The molecule has 1 unspecified atom stereocenters. The molecule has 0 aliphatic heterocycles. The molecule has 3 aromatic carbocycles. The van der Waals surface area contributed by atoms with Crippen molar-refractivity contribution in [2.45, 2.75) is 50.9 Å². The summed E-state index contributed by atoms with van der Waals surface area (Å²) in [6.07, 6.45) is 4.87. The summed E-state index contributed by atoms with van der Waals surface area (Å²) in [6.45, 7) is 2.24. The molecule has 4 rings (SSSR count). The molecule has 0 heterocycles. The predicted molar refractivity (Wildman–Crippen MR) is 121 cm³/mol. The molecule has 0 bridgehead atoms. The topological polar surface area (TPSA) is 0 Å². The number of benzene rings is 3. The van der Waals surface area contributed by atoms with Crippen molar-refractivity contribution in [2.75, 3.05) is 0 Å². The molecule has 0 aromatic heterocycles. The summed E-state index contributed by atoms with van der Waals surface area (Å²) >= 11 is 5.48. The van der Waals surface area contributed by atoms with Gasteiger partial charge < -0.3 is 0 Å². The van der Waals surface area contributed by atoms with E-state index < -0.39 is 33.9 Å². The van der Waals surface area contributed by atoms with Crippen LogP contribution in [0.25, 0.3) is 11.1 Å². The molecule has 1 atom stereocenters. The third kappa shape index (κ3) is 4.85. The van der Waals surface area contributed by atoms with Gasteiger partial charge in [-0.2, -0.15) is 0 Å². The lowest BCUT2D eigenvalue weighted by Gasteiger charge is -2.30. The van der Waals surface area contributed by atoms with E-state index >= 15 is 0 Å². The van der Waals surface area contributed by atoms with Gasteiger partial charge in [0.15, 0.2) is 0 Å². The van der Waals surface area contributed by atoms with Gasteiger partial charge in [0.1, 0.15) is 28.3 Å². The maximum atomic E-state index is 14.8. The predicted octanol–water partition coefficient (Wildman–Crippen LogP) is 9.03. The minimum atomic E-state index is -1.05. The van der Waals surface area contributed by atoms with Crippen LogP contribution in [0.15, 0.2) is 54.6 Å². The zero-order valence-electron chi connectivity index (χ0n) is 17.9. The number of hydrogen-bond donors (Lipinski definition) is 0. The van der Waals surface area contributed by atoms with Crippen LogP contribution in [0.2, 0.25) is 5.02 Å². The van der Waals surface area contributed by atoms with Crippen molar-refractivity contribution in [3.8, 4) is 11.1 Å². The Morgan fingerprint density at radius 2 is 1.38 bits per heavy atom. The van der Waals surface area contributed by atoms with E-state index in [1.165, 1.54) is 17.7 Å². The molecule has 0 nitrogen and oxygen atoms in total. The molecule has 0 spiro atoms. The average molecular weight is 461 g/mol. The Morgan fingerprint density at radius 1 is 0.812 bits per heavy atom. The van der Waals surface area contributed by atoms with Crippen molar-refractivity contribution in [1.29, 1.82) is 0 Å². The maximum absolute atomic E-state index is 14.8. The van der Waals surface area contributed by atoms with Crippen LogP contribution in [0, 0.1) is 29.2 Å². The first-order chi connectivity index (χ1) is 15.3. The quantitative estimate of drug-likeness (QED) is 0.263. The van der Waals surface area contributed by atoms with E-state index in [0.29, 0.717) is 17.4 Å². The normalized spacial score (nSPS) is 19.7. The molecule has 0 radical (unpaired) electrons. The van der Waals surface area contributed by atoms with Crippen molar-refractivity contribution in [2.24, 2.45) is 5.92 Å². The van der Waals surface area contributed by atoms with Gasteiger partial charge in [0, 0.05) is 0 Å². The summed E-state index contributed by atoms with van der Waals surface area (Å²) < 4.78 is 57.2. The smallest absolute Gasteiger partial charge is 0.145 e. The monoisotopic (exact) mass is 460 g/mol. The molecule has 1 aliphatic rings. The molecule has 5 heteroatoms. The molecule has 1 saturated carbocycles. The molecule has 1 fully saturated rings. The Balaban J connectivity index is 1.45. The zero-order chi connectivity index (χ0) is 22.8. The Bertz CT molecular complexity index is 1040. The highest BCUT2D eigenvalue weighted by Crippen LogP contribution is 2.41. The van der Waals surface area contributed by atoms with Gasteiger partial charge >= 0.3 is 0 Å². The molecule has 0 N–H and O–H groups in total. The second-order valence-corrected chi connectivity index (χ2v) is 9.26. The highest BCUT2D eigenvalue weighted by molar-refractivity contribution is 6.31. The van der Waals surface area contributed by atoms with Crippen LogP contribution in [0.4, 0.5) is 17.6 Å². The van der Waals surface area contributed by atoms with Crippen molar-refractivity contribution in [1.82, 2.24) is 0 Å². The Morgan fingerprint density at radius 3 is 1.94 bits per heavy atom. The van der Waals surface area contributed by atoms with Gasteiger partial charge in [-0.05, 0) is 90.8 Å². The minimum Gasteiger partial charge on any atom is -0.206 e. The summed E-state index contributed by atoms with van der Waals surface area (Å²) in [5, 5.41) is -0.690. The highest BCUT2D eigenvalue weighted by atomic mass is 35.5. The van der Waals surface area contributed by atoms with Crippen LogP contribution in [-0.4, -0.2) is 0 Å². The van der Waals surface area contributed by atoms with Crippen molar-refractivity contribution in [3.63, 3.8) is 0 Å².